The monoisotopic (exact) mass is 293 g/mol. The lowest BCUT2D eigenvalue weighted by atomic mass is 10.0. The van der Waals surface area contributed by atoms with Crippen molar-refractivity contribution in [2.45, 2.75) is 39.3 Å². The highest BCUT2D eigenvalue weighted by atomic mass is 35.5. The number of rotatable bonds is 5. The van der Waals surface area contributed by atoms with E-state index in [1.165, 1.54) is 0 Å². The number of nitrogens with one attached hydrogen (secondary N) is 1. The van der Waals surface area contributed by atoms with Crippen molar-refractivity contribution < 1.29 is 0 Å². The molecule has 6 heteroatoms. The smallest absolute Gasteiger partial charge is 0.138 e. The first-order valence-corrected chi connectivity index (χ1v) is 7.01. The lowest BCUT2D eigenvalue weighted by Crippen LogP contribution is -2.31. The quantitative estimate of drug-likeness (QED) is 0.657. The summed E-state index contributed by atoms with van der Waals surface area (Å²) < 4.78 is 1.90. The lowest BCUT2D eigenvalue weighted by Gasteiger charge is -2.19. The first kappa shape index (κ1) is 15.0. The van der Waals surface area contributed by atoms with Crippen molar-refractivity contribution in [1.29, 1.82) is 0 Å². The number of halogens is 1. The van der Waals surface area contributed by atoms with E-state index in [-0.39, 0.29) is 12.1 Å². The van der Waals surface area contributed by atoms with Gasteiger partial charge in [-0.2, -0.15) is 5.10 Å². The highest BCUT2D eigenvalue weighted by molar-refractivity contribution is 6.31. The molecule has 0 aliphatic rings. The van der Waals surface area contributed by atoms with Crippen molar-refractivity contribution in [3.63, 3.8) is 0 Å². The number of hydrazine groups is 1. The predicted molar refractivity (Wildman–Crippen MR) is 80.4 cm³/mol. The number of hydrogen-bond donors (Lipinski definition) is 2. The van der Waals surface area contributed by atoms with E-state index in [0.29, 0.717) is 11.4 Å². The van der Waals surface area contributed by atoms with Gasteiger partial charge in [0.1, 0.15) is 12.2 Å². The third kappa shape index (κ3) is 3.17. The Morgan fingerprint density at radius 3 is 2.75 bits per heavy atom. The van der Waals surface area contributed by atoms with E-state index < -0.39 is 0 Å². The van der Waals surface area contributed by atoms with E-state index in [2.05, 4.69) is 29.4 Å². The van der Waals surface area contributed by atoms with E-state index in [4.69, 9.17) is 17.4 Å². The minimum atomic E-state index is -0.0928. The summed E-state index contributed by atoms with van der Waals surface area (Å²) in [4.78, 5) is 4.31. The second-order valence-electron chi connectivity index (χ2n) is 5.16. The topological polar surface area (TPSA) is 68.8 Å². The molecule has 5 nitrogen and oxygen atoms in total. The van der Waals surface area contributed by atoms with Crippen LogP contribution in [-0.2, 0) is 6.42 Å². The van der Waals surface area contributed by atoms with Crippen LogP contribution in [-0.4, -0.2) is 14.8 Å². The third-order valence-electron chi connectivity index (χ3n) is 3.26. The van der Waals surface area contributed by atoms with E-state index in [1.54, 1.807) is 6.33 Å². The van der Waals surface area contributed by atoms with E-state index in [0.717, 1.165) is 17.0 Å². The zero-order valence-electron chi connectivity index (χ0n) is 12.0. The van der Waals surface area contributed by atoms with Gasteiger partial charge in [-0.05, 0) is 38.0 Å². The molecule has 0 saturated carbocycles. The van der Waals surface area contributed by atoms with E-state index >= 15 is 0 Å². The highest BCUT2D eigenvalue weighted by Crippen LogP contribution is 2.26. The van der Waals surface area contributed by atoms with Crippen LogP contribution < -0.4 is 11.3 Å². The van der Waals surface area contributed by atoms with E-state index in [9.17, 15) is 0 Å². The van der Waals surface area contributed by atoms with Crippen molar-refractivity contribution >= 4 is 11.6 Å². The average molecular weight is 294 g/mol. The van der Waals surface area contributed by atoms with Crippen LogP contribution in [0.1, 0.15) is 42.9 Å². The number of benzene rings is 1. The van der Waals surface area contributed by atoms with Gasteiger partial charge >= 0.3 is 0 Å². The minimum absolute atomic E-state index is 0.0928. The van der Waals surface area contributed by atoms with Gasteiger partial charge < -0.3 is 0 Å². The van der Waals surface area contributed by atoms with Gasteiger partial charge in [0.25, 0.3) is 0 Å². The summed E-state index contributed by atoms with van der Waals surface area (Å²) in [7, 11) is 0. The zero-order valence-corrected chi connectivity index (χ0v) is 12.7. The molecule has 108 valence electrons. The standard InChI is InChI=1S/C14H20ClN5/c1-9(2)20-14(17-8-18-20)7-13(19-16)11-5-4-10(3)6-12(11)15/h4-6,8-9,13,19H,7,16H2,1-3H3. The summed E-state index contributed by atoms with van der Waals surface area (Å²) in [5, 5.41) is 4.95. The molecule has 20 heavy (non-hydrogen) atoms. The van der Waals surface area contributed by atoms with Crippen molar-refractivity contribution in [1.82, 2.24) is 20.2 Å². The summed E-state index contributed by atoms with van der Waals surface area (Å²) in [6.45, 7) is 6.15. The molecule has 1 heterocycles. The third-order valence-corrected chi connectivity index (χ3v) is 3.58. The normalized spacial score (nSPS) is 12.9. The number of aryl methyl sites for hydroxylation is 1. The Balaban J connectivity index is 2.27. The molecule has 0 amide bonds. The summed E-state index contributed by atoms with van der Waals surface area (Å²) in [6, 6.07) is 6.13. The van der Waals surface area contributed by atoms with Crippen LogP contribution >= 0.6 is 11.6 Å². The molecule has 2 aromatic rings. The van der Waals surface area contributed by atoms with Crippen LogP contribution in [0.25, 0.3) is 0 Å². The Morgan fingerprint density at radius 1 is 1.40 bits per heavy atom. The van der Waals surface area contributed by atoms with E-state index in [1.807, 2.05) is 29.8 Å². The van der Waals surface area contributed by atoms with Gasteiger partial charge in [0.2, 0.25) is 0 Å². The van der Waals surface area contributed by atoms with Crippen molar-refractivity contribution in [3.8, 4) is 0 Å². The van der Waals surface area contributed by atoms with Crippen LogP contribution in [0.3, 0.4) is 0 Å². The molecule has 0 spiro atoms. The fraction of sp³-hybridized carbons (Fsp3) is 0.429. The zero-order chi connectivity index (χ0) is 14.7. The SMILES string of the molecule is Cc1ccc(C(Cc2ncnn2C(C)C)NN)c(Cl)c1. The molecule has 3 N–H and O–H groups in total. The van der Waals surface area contributed by atoms with Gasteiger partial charge in [-0.1, -0.05) is 23.7 Å². The Hall–Kier alpha value is -1.43. The van der Waals surface area contributed by atoms with Gasteiger partial charge in [0.05, 0.1) is 6.04 Å². The molecule has 1 unspecified atom stereocenters. The highest BCUT2D eigenvalue weighted by Gasteiger charge is 2.18. The van der Waals surface area contributed by atoms with Crippen molar-refractivity contribution in [3.05, 3.63) is 46.5 Å². The molecular weight excluding hydrogens is 274 g/mol. The summed E-state index contributed by atoms with van der Waals surface area (Å²) >= 11 is 6.31. The molecule has 0 fully saturated rings. The van der Waals surface area contributed by atoms with Gasteiger partial charge in [-0.25, -0.2) is 9.67 Å². The molecule has 0 aliphatic carbocycles. The van der Waals surface area contributed by atoms with Crippen LogP contribution in [0.2, 0.25) is 5.02 Å². The van der Waals surface area contributed by atoms with Gasteiger partial charge in [-0.15, -0.1) is 0 Å². The molecule has 1 aromatic carbocycles. The fourth-order valence-electron chi connectivity index (χ4n) is 2.21. The summed E-state index contributed by atoms with van der Waals surface area (Å²) in [5.74, 6) is 6.58. The maximum absolute atomic E-state index is 6.31. The average Bonchev–Trinajstić information content (AvgIpc) is 2.85. The lowest BCUT2D eigenvalue weighted by molar-refractivity contribution is 0.468. The van der Waals surface area contributed by atoms with Crippen LogP contribution in [0.15, 0.2) is 24.5 Å². The number of nitrogens with zero attached hydrogens (tertiary/aromatic N) is 3. The second-order valence-corrected chi connectivity index (χ2v) is 5.57. The second kappa shape index (κ2) is 6.35. The van der Waals surface area contributed by atoms with Crippen LogP contribution in [0.4, 0.5) is 0 Å². The number of hydrogen-bond acceptors (Lipinski definition) is 4. The van der Waals surface area contributed by atoms with Crippen molar-refractivity contribution in [2.24, 2.45) is 5.84 Å². The number of nitrogens with two attached hydrogens (primary N) is 1. The maximum Gasteiger partial charge on any atom is 0.138 e. The molecule has 1 aromatic heterocycles. The Bertz CT molecular complexity index is 579. The summed E-state index contributed by atoms with van der Waals surface area (Å²) in [6.07, 6.45) is 2.21. The largest absolute Gasteiger partial charge is 0.271 e. The molecule has 0 radical (unpaired) electrons. The molecule has 0 saturated heterocycles. The Kier molecular flexibility index (Phi) is 4.75. The molecule has 1 atom stereocenters. The van der Waals surface area contributed by atoms with Crippen molar-refractivity contribution in [2.75, 3.05) is 0 Å². The maximum atomic E-state index is 6.31. The first-order chi connectivity index (χ1) is 9.52. The van der Waals surface area contributed by atoms with Gasteiger partial charge in [-0.3, -0.25) is 11.3 Å². The molecule has 0 aliphatic heterocycles. The predicted octanol–water partition coefficient (Wildman–Crippen LogP) is 2.57. The Morgan fingerprint density at radius 2 is 2.15 bits per heavy atom. The minimum Gasteiger partial charge on any atom is -0.271 e. The van der Waals surface area contributed by atoms with Crippen LogP contribution in [0, 0.1) is 6.92 Å². The van der Waals surface area contributed by atoms with Gasteiger partial charge in [0.15, 0.2) is 0 Å². The molecule has 0 bridgehead atoms. The Labute approximate surface area is 124 Å². The molecule has 2 rings (SSSR count). The first-order valence-electron chi connectivity index (χ1n) is 6.63. The van der Waals surface area contributed by atoms with Crippen LogP contribution in [0.5, 0.6) is 0 Å². The fourth-order valence-corrected chi connectivity index (χ4v) is 2.57. The van der Waals surface area contributed by atoms with Gasteiger partial charge in [0, 0.05) is 17.5 Å². The summed E-state index contributed by atoms with van der Waals surface area (Å²) in [5.41, 5.74) is 4.91. The molecular formula is C14H20ClN5. The number of aromatic nitrogens is 3.